The van der Waals surface area contributed by atoms with Crippen molar-refractivity contribution < 1.29 is 9.53 Å². The van der Waals surface area contributed by atoms with E-state index in [-0.39, 0.29) is 6.03 Å². The van der Waals surface area contributed by atoms with E-state index in [1.807, 2.05) is 12.1 Å². The van der Waals surface area contributed by atoms with Gasteiger partial charge in [0, 0.05) is 5.70 Å². The number of carbonyl (C=O) groups excluding carboxylic acids is 1. The number of hydrogen-bond acceptors (Lipinski definition) is 3. The molecule has 92 valence electrons. The second-order valence-corrected chi connectivity index (χ2v) is 3.96. The van der Waals surface area contributed by atoms with Gasteiger partial charge in [0.05, 0.1) is 24.8 Å². The summed E-state index contributed by atoms with van der Waals surface area (Å²) >= 11 is 0. The predicted octanol–water partition coefficient (Wildman–Crippen LogP) is 1.85. The van der Waals surface area contributed by atoms with Crippen LogP contribution in [-0.4, -0.2) is 13.1 Å². The molecule has 0 saturated carbocycles. The molecule has 0 aliphatic carbocycles. The van der Waals surface area contributed by atoms with E-state index in [1.165, 1.54) is 0 Å². The third-order valence-electron chi connectivity index (χ3n) is 2.84. The van der Waals surface area contributed by atoms with E-state index in [0.717, 1.165) is 11.3 Å². The van der Waals surface area contributed by atoms with Crippen molar-refractivity contribution in [2.24, 2.45) is 0 Å². The van der Waals surface area contributed by atoms with Crippen molar-refractivity contribution >= 4 is 6.03 Å². The highest BCUT2D eigenvalue weighted by molar-refractivity contribution is 5.79. The number of urea groups is 1. The molecule has 1 atom stereocenters. The lowest BCUT2D eigenvalue weighted by atomic mass is 9.96. The molecule has 5 nitrogen and oxygen atoms in total. The number of nitriles is 1. The minimum atomic E-state index is -0.408. The van der Waals surface area contributed by atoms with Crippen LogP contribution in [0, 0.1) is 11.3 Å². The van der Waals surface area contributed by atoms with Gasteiger partial charge in [-0.15, -0.1) is 0 Å². The van der Waals surface area contributed by atoms with Crippen LogP contribution in [0.15, 0.2) is 35.5 Å². The smallest absolute Gasteiger partial charge is 0.319 e. The van der Waals surface area contributed by atoms with Crippen molar-refractivity contribution in [2.45, 2.75) is 13.0 Å². The monoisotopic (exact) mass is 243 g/mol. The highest BCUT2D eigenvalue weighted by atomic mass is 16.5. The molecule has 0 aromatic heterocycles. The molecule has 0 spiro atoms. The van der Waals surface area contributed by atoms with E-state index in [0.29, 0.717) is 11.3 Å². The molecule has 2 rings (SSSR count). The van der Waals surface area contributed by atoms with Gasteiger partial charge in [-0.05, 0) is 24.6 Å². The minimum absolute atomic E-state index is 0.299. The fourth-order valence-electron chi connectivity index (χ4n) is 1.89. The van der Waals surface area contributed by atoms with E-state index >= 15 is 0 Å². The van der Waals surface area contributed by atoms with Gasteiger partial charge in [0.1, 0.15) is 5.75 Å². The summed E-state index contributed by atoms with van der Waals surface area (Å²) in [7, 11) is 1.59. The summed E-state index contributed by atoms with van der Waals surface area (Å²) in [5.41, 5.74) is 1.95. The third-order valence-corrected chi connectivity index (χ3v) is 2.84. The molecule has 0 saturated heterocycles. The lowest BCUT2D eigenvalue weighted by Crippen LogP contribution is -2.43. The van der Waals surface area contributed by atoms with Crippen LogP contribution in [0.1, 0.15) is 18.5 Å². The molecule has 2 N–H and O–H groups in total. The summed E-state index contributed by atoms with van der Waals surface area (Å²) in [6.45, 7) is 1.72. The molecule has 1 aromatic carbocycles. The van der Waals surface area contributed by atoms with Gasteiger partial charge < -0.3 is 15.4 Å². The molecule has 1 heterocycles. The minimum Gasteiger partial charge on any atom is -0.497 e. The van der Waals surface area contributed by atoms with Gasteiger partial charge in [0.15, 0.2) is 0 Å². The molecular formula is C13H13N3O2. The van der Waals surface area contributed by atoms with Crippen molar-refractivity contribution in [1.82, 2.24) is 10.6 Å². The quantitative estimate of drug-likeness (QED) is 0.832. The summed E-state index contributed by atoms with van der Waals surface area (Å²) in [6, 6.07) is 8.68. The number of methoxy groups -OCH3 is 1. The van der Waals surface area contributed by atoms with E-state index in [9.17, 15) is 4.79 Å². The zero-order valence-corrected chi connectivity index (χ0v) is 10.2. The number of allylic oxidation sites excluding steroid dienone is 1. The Bertz CT molecular complexity index is 540. The molecular weight excluding hydrogens is 230 g/mol. The lowest BCUT2D eigenvalue weighted by molar-refractivity contribution is 0.239. The maximum Gasteiger partial charge on any atom is 0.319 e. The summed E-state index contributed by atoms with van der Waals surface area (Å²) in [4.78, 5) is 11.5. The first-order valence-corrected chi connectivity index (χ1v) is 5.48. The summed E-state index contributed by atoms with van der Waals surface area (Å²) in [5.74, 6) is 0.734. The van der Waals surface area contributed by atoms with Crippen molar-refractivity contribution in [3.8, 4) is 11.8 Å². The van der Waals surface area contributed by atoms with Crippen molar-refractivity contribution in [2.75, 3.05) is 7.11 Å². The first kappa shape index (κ1) is 12.0. The van der Waals surface area contributed by atoms with Gasteiger partial charge in [-0.25, -0.2) is 4.79 Å². The molecule has 0 fully saturated rings. The largest absolute Gasteiger partial charge is 0.497 e. The first-order valence-electron chi connectivity index (χ1n) is 5.48. The van der Waals surface area contributed by atoms with Gasteiger partial charge in [-0.2, -0.15) is 5.26 Å². The Morgan fingerprint density at radius 2 is 2.00 bits per heavy atom. The van der Waals surface area contributed by atoms with E-state index in [1.54, 1.807) is 26.2 Å². The highest BCUT2D eigenvalue weighted by Crippen LogP contribution is 2.27. The molecule has 0 unspecified atom stereocenters. The number of rotatable bonds is 2. The second kappa shape index (κ2) is 4.80. The van der Waals surface area contributed by atoms with Crippen molar-refractivity contribution in [3.63, 3.8) is 0 Å². The van der Waals surface area contributed by atoms with Crippen LogP contribution in [0.5, 0.6) is 5.75 Å². The molecule has 2 amide bonds. The van der Waals surface area contributed by atoms with Crippen molar-refractivity contribution in [1.29, 1.82) is 5.26 Å². The summed E-state index contributed by atoms with van der Waals surface area (Å²) in [6.07, 6.45) is 0. The normalized spacial score (nSPS) is 18.7. The highest BCUT2D eigenvalue weighted by Gasteiger charge is 2.26. The average Bonchev–Trinajstić information content (AvgIpc) is 2.38. The van der Waals surface area contributed by atoms with Crippen LogP contribution in [-0.2, 0) is 0 Å². The predicted molar refractivity (Wildman–Crippen MR) is 65.7 cm³/mol. The number of amides is 2. The number of ether oxygens (including phenoxy) is 1. The Morgan fingerprint density at radius 1 is 1.33 bits per heavy atom. The van der Waals surface area contributed by atoms with Crippen LogP contribution < -0.4 is 15.4 Å². The standard InChI is InChI=1S/C13H13N3O2/c1-8-11(7-14)12(16-13(17)15-8)9-3-5-10(18-2)6-4-9/h3-6,12H,1-2H3,(H2,15,16,17)/t12-/m1/s1. The Balaban J connectivity index is 2.38. The molecule has 1 aliphatic rings. The molecule has 0 bridgehead atoms. The second-order valence-electron chi connectivity index (χ2n) is 3.96. The summed E-state index contributed by atoms with van der Waals surface area (Å²) < 4.78 is 5.08. The number of benzene rings is 1. The van der Waals surface area contributed by atoms with E-state index < -0.39 is 6.04 Å². The Labute approximate surface area is 105 Å². The fourth-order valence-corrected chi connectivity index (χ4v) is 1.89. The van der Waals surface area contributed by atoms with Gasteiger partial charge >= 0.3 is 6.03 Å². The number of nitrogens with zero attached hydrogens (tertiary/aromatic N) is 1. The van der Waals surface area contributed by atoms with Crippen molar-refractivity contribution in [3.05, 3.63) is 41.1 Å². The Morgan fingerprint density at radius 3 is 2.56 bits per heavy atom. The average molecular weight is 243 g/mol. The van der Waals surface area contributed by atoms with Crippen LogP contribution in [0.2, 0.25) is 0 Å². The van der Waals surface area contributed by atoms with Crippen LogP contribution in [0.25, 0.3) is 0 Å². The zero-order chi connectivity index (χ0) is 13.1. The molecule has 5 heteroatoms. The maximum absolute atomic E-state index is 11.5. The zero-order valence-electron chi connectivity index (χ0n) is 10.2. The number of nitrogens with one attached hydrogen (secondary N) is 2. The van der Waals surface area contributed by atoms with Gasteiger partial charge in [-0.1, -0.05) is 12.1 Å². The molecule has 18 heavy (non-hydrogen) atoms. The third kappa shape index (κ3) is 2.13. The SMILES string of the molecule is COc1ccc([C@H]2NC(=O)NC(C)=C2C#N)cc1. The fraction of sp³-hybridized carbons (Fsp3) is 0.231. The molecule has 1 aliphatic heterocycles. The molecule has 0 radical (unpaired) electrons. The van der Waals surface area contributed by atoms with Crippen LogP contribution >= 0.6 is 0 Å². The van der Waals surface area contributed by atoms with E-state index in [2.05, 4.69) is 16.7 Å². The Hall–Kier alpha value is -2.48. The first-order chi connectivity index (χ1) is 8.65. The Kier molecular flexibility index (Phi) is 3.20. The molecule has 1 aromatic rings. The van der Waals surface area contributed by atoms with Gasteiger partial charge in [0.2, 0.25) is 0 Å². The topological polar surface area (TPSA) is 74.2 Å². The van der Waals surface area contributed by atoms with Crippen LogP contribution in [0.4, 0.5) is 4.79 Å². The lowest BCUT2D eigenvalue weighted by Gasteiger charge is -2.25. The maximum atomic E-state index is 11.5. The van der Waals surface area contributed by atoms with Gasteiger partial charge in [-0.3, -0.25) is 0 Å². The summed E-state index contributed by atoms with van der Waals surface area (Å²) in [5, 5.41) is 14.5. The number of carbonyl (C=O) groups is 1. The van der Waals surface area contributed by atoms with Gasteiger partial charge in [0.25, 0.3) is 0 Å². The number of hydrogen-bond donors (Lipinski definition) is 2. The van der Waals surface area contributed by atoms with E-state index in [4.69, 9.17) is 10.00 Å². The van der Waals surface area contributed by atoms with Crippen LogP contribution in [0.3, 0.4) is 0 Å².